The van der Waals surface area contributed by atoms with Gasteiger partial charge in [-0.05, 0) is 29.5 Å². The molecule has 0 aromatic carbocycles. The predicted molar refractivity (Wildman–Crippen MR) is 96.4 cm³/mol. The lowest BCUT2D eigenvalue weighted by Crippen LogP contribution is -2.50. The van der Waals surface area contributed by atoms with Gasteiger partial charge in [-0.1, -0.05) is 16.1 Å². The number of allylic oxidation sites excluding steroid dienone is 4. The number of halogens is 6. The zero-order valence-corrected chi connectivity index (χ0v) is 16.5. The van der Waals surface area contributed by atoms with E-state index in [2.05, 4.69) is 11.9 Å². The third kappa shape index (κ3) is 6.45. The molecule has 0 aliphatic heterocycles. The molecule has 166 valence electrons. The zero-order chi connectivity index (χ0) is 23.2. The second-order valence-electron chi connectivity index (χ2n) is 5.34. The van der Waals surface area contributed by atoms with E-state index in [0.29, 0.717) is 25.0 Å². The van der Waals surface area contributed by atoms with Crippen LogP contribution in [-0.2, 0) is 19.9 Å². The smallest absolute Gasteiger partial charge is 0.387 e. The summed E-state index contributed by atoms with van der Waals surface area (Å²) >= 11 is 0. The van der Waals surface area contributed by atoms with Gasteiger partial charge >= 0.3 is 21.0 Å². The zero-order valence-electron chi connectivity index (χ0n) is 14.9. The summed E-state index contributed by atoms with van der Waals surface area (Å²) in [5.41, 5.74) is -11.3. The highest BCUT2D eigenvalue weighted by molar-refractivity contribution is 7.95. The summed E-state index contributed by atoms with van der Waals surface area (Å²) in [7, 11) is -11.3. The number of rotatable bonds is 8. The van der Waals surface area contributed by atoms with Crippen LogP contribution in [0.4, 0.5) is 26.3 Å². The Hall–Kier alpha value is -2.61. The third-order valence-corrected chi connectivity index (χ3v) is 5.73. The first-order chi connectivity index (χ1) is 13.6. The van der Waals surface area contributed by atoms with Crippen LogP contribution in [-0.4, -0.2) is 34.4 Å². The number of alkyl halides is 6. The molecule has 1 aromatic rings. The summed E-state index contributed by atoms with van der Waals surface area (Å²) in [5, 5.41) is 2.60. The van der Waals surface area contributed by atoms with Crippen LogP contribution < -0.4 is 9.29 Å². The lowest BCUT2D eigenvalue weighted by molar-refractivity contribution is -0.518. The molecule has 1 N–H and O–H groups in total. The van der Waals surface area contributed by atoms with Crippen molar-refractivity contribution in [3.63, 3.8) is 0 Å². The monoisotopic (exact) mass is 477 g/mol. The van der Waals surface area contributed by atoms with Crippen LogP contribution >= 0.6 is 0 Å². The molecule has 0 amide bonds. The second-order valence-corrected chi connectivity index (χ2v) is 9.00. The van der Waals surface area contributed by atoms with Gasteiger partial charge in [0.25, 0.3) is 9.84 Å². The Morgan fingerprint density at radius 1 is 1.03 bits per heavy atom. The van der Waals surface area contributed by atoms with Gasteiger partial charge in [0.2, 0.25) is 0 Å². The van der Waals surface area contributed by atoms with Crippen LogP contribution in [0.3, 0.4) is 0 Å². The van der Waals surface area contributed by atoms with E-state index in [0.717, 1.165) is 18.2 Å². The van der Waals surface area contributed by atoms with Crippen molar-refractivity contribution in [3.8, 4) is 0 Å². The molecule has 1 aromatic heterocycles. The van der Waals surface area contributed by atoms with Crippen LogP contribution in [0.2, 0.25) is 0 Å². The minimum Gasteiger partial charge on any atom is -0.387 e. The van der Waals surface area contributed by atoms with Crippen LogP contribution in [0.1, 0.15) is 5.56 Å². The number of aromatic nitrogens is 1. The number of pyridine rings is 1. The molecule has 1 heterocycles. The summed E-state index contributed by atoms with van der Waals surface area (Å²) in [4.78, 5) is 0. The van der Waals surface area contributed by atoms with Crippen molar-refractivity contribution in [2.75, 3.05) is 6.54 Å². The molecule has 30 heavy (non-hydrogen) atoms. The number of nitrogens with one attached hydrogen (secondary N) is 1. The van der Waals surface area contributed by atoms with Crippen LogP contribution in [0.15, 0.2) is 67.0 Å². The van der Waals surface area contributed by atoms with Crippen molar-refractivity contribution in [2.24, 2.45) is 0 Å². The Labute approximate surface area is 168 Å². The van der Waals surface area contributed by atoms with Gasteiger partial charge in [0.15, 0.2) is 12.4 Å². The number of hydrogen-bond donors (Lipinski definition) is 1. The van der Waals surface area contributed by atoms with Crippen molar-refractivity contribution < 1.29 is 47.2 Å². The minimum absolute atomic E-state index is 0.0504. The van der Waals surface area contributed by atoms with Crippen molar-refractivity contribution >= 4 is 25.4 Å². The van der Waals surface area contributed by atoms with E-state index in [1.165, 1.54) is 18.4 Å². The van der Waals surface area contributed by atoms with E-state index in [4.69, 9.17) is 0 Å². The molecule has 0 aliphatic rings. The first-order valence-electron chi connectivity index (χ1n) is 7.67. The fourth-order valence-electron chi connectivity index (χ4n) is 1.74. The Morgan fingerprint density at radius 3 is 2.07 bits per heavy atom. The first kappa shape index (κ1) is 25.4. The molecule has 14 heteroatoms. The lowest BCUT2D eigenvalue weighted by Gasteiger charge is -2.05. The maximum absolute atomic E-state index is 12.6. The van der Waals surface area contributed by atoms with Crippen LogP contribution in [0.25, 0.3) is 5.57 Å². The van der Waals surface area contributed by atoms with E-state index in [1.54, 1.807) is 0 Å². The molecular weight excluding hydrogens is 462 g/mol. The van der Waals surface area contributed by atoms with E-state index >= 15 is 0 Å². The van der Waals surface area contributed by atoms with Crippen molar-refractivity contribution in [1.29, 1.82) is 0 Å². The summed E-state index contributed by atoms with van der Waals surface area (Å²) < 4.78 is 120. The first-order valence-corrected chi connectivity index (χ1v) is 10.7. The van der Waals surface area contributed by atoms with Crippen molar-refractivity contribution in [1.82, 2.24) is 5.32 Å². The Balaban J connectivity index is 3.37. The fourth-order valence-corrected chi connectivity index (χ4v) is 2.91. The molecule has 0 aliphatic carbocycles. The lowest BCUT2D eigenvalue weighted by atomic mass is 10.1. The number of nitrogens with zero attached hydrogens (tertiary/aromatic N) is 1. The normalized spacial score (nSPS) is 14.4. The molecule has 0 saturated heterocycles. The SMILES string of the molecule is C=CCNC=CC=C(/C=C/S(=O)(=O)C(F)(F)F)c1cc[n+](S(=O)(=O)C(F)(F)F)cc1. The average molecular weight is 477 g/mol. The van der Waals surface area contributed by atoms with Crippen molar-refractivity contribution in [3.05, 3.63) is 72.6 Å². The summed E-state index contributed by atoms with van der Waals surface area (Å²) in [6, 6.07) is 1.73. The molecule has 0 radical (unpaired) electrons. The molecule has 0 unspecified atom stereocenters. The van der Waals surface area contributed by atoms with E-state index in [1.807, 2.05) is 0 Å². The maximum atomic E-state index is 12.6. The maximum Gasteiger partial charge on any atom is 0.560 e. The minimum atomic E-state index is -5.70. The quantitative estimate of drug-likeness (QED) is 0.205. The molecule has 0 fully saturated rings. The predicted octanol–water partition coefficient (Wildman–Crippen LogP) is 2.79. The van der Waals surface area contributed by atoms with E-state index in [-0.39, 0.29) is 20.5 Å². The van der Waals surface area contributed by atoms with E-state index in [9.17, 15) is 43.2 Å². The van der Waals surface area contributed by atoms with Gasteiger partial charge < -0.3 is 5.32 Å². The number of hydrogen-bond acceptors (Lipinski definition) is 5. The standard InChI is InChI=1S/C16H14F6N2O4S2/c1-2-8-23-9-3-4-13(7-12-29(25,26)15(17,18)19)14-5-10-24(11-6-14)30(27,28)16(20,21)22/h2-7,9-12H,1,8H2/p+1/b12-7+. The highest BCUT2D eigenvalue weighted by Gasteiger charge is 2.54. The largest absolute Gasteiger partial charge is 0.560 e. The topological polar surface area (TPSA) is 84.2 Å². The molecule has 0 saturated carbocycles. The van der Waals surface area contributed by atoms with Gasteiger partial charge in [0.1, 0.15) is 0 Å². The van der Waals surface area contributed by atoms with E-state index < -0.39 is 30.9 Å². The Kier molecular flexibility index (Phi) is 8.02. The van der Waals surface area contributed by atoms with Crippen LogP contribution in [0, 0.1) is 0 Å². The Bertz CT molecular complexity index is 1050. The van der Waals surface area contributed by atoms with Gasteiger partial charge in [-0.3, -0.25) is 0 Å². The second kappa shape index (κ2) is 9.47. The summed E-state index contributed by atoms with van der Waals surface area (Å²) in [6.45, 7) is 3.78. The van der Waals surface area contributed by atoms with Gasteiger partial charge in [-0.2, -0.15) is 34.8 Å². The van der Waals surface area contributed by atoms with Crippen molar-refractivity contribution in [2.45, 2.75) is 11.0 Å². The summed E-state index contributed by atoms with van der Waals surface area (Å²) in [6.07, 6.45) is 6.94. The molecule has 0 atom stereocenters. The fraction of sp³-hybridized carbons (Fsp3) is 0.188. The molecular formula is C16H15F6N2O4S2+. The third-order valence-electron chi connectivity index (χ3n) is 3.21. The van der Waals surface area contributed by atoms with Gasteiger partial charge in [0, 0.05) is 24.1 Å². The molecule has 1 rings (SSSR count). The van der Waals surface area contributed by atoms with Gasteiger partial charge in [0.05, 0.1) is 0 Å². The highest BCUT2D eigenvalue weighted by atomic mass is 32.2. The van der Waals surface area contributed by atoms with Gasteiger partial charge in [-0.25, -0.2) is 8.42 Å². The molecule has 6 nitrogen and oxygen atoms in total. The molecule has 0 bridgehead atoms. The molecule has 0 spiro atoms. The number of sulfone groups is 1. The average Bonchev–Trinajstić information content (AvgIpc) is 2.62. The summed E-state index contributed by atoms with van der Waals surface area (Å²) in [5.74, 6) is 0. The van der Waals surface area contributed by atoms with Crippen LogP contribution in [0.5, 0.6) is 0 Å². The Morgan fingerprint density at radius 2 is 1.60 bits per heavy atom. The van der Waals surface area contributed by atoms with Gasteiger partial charge in [-0.15, -0.1) is 6.58 Å². The highest BCUT2D eigenvalue weighted by Crippen LogP contribution is 2.26.